The van der Waals surface area contributed by atoms with Gasteiger partial charge in [-0.15, -0.1) is 11.8 Å². The fourth-order valence-electron chi connectivity index (χ4n) is 2.96. The van der Waals surface area contributed by atoms with Crippen molar-refractivity contribution in [3.8, 4) is 11.5 Å². The summed E-state index contributed by atoms with van der Waals surface area (Å²) < 4.78 is 10.7. The van der Waals surface area contributed by atoms with Gasteiger partial charge in [0.1, 0.15) is 0 Å². The van der Waals surface area contributed by atoms with Gasteiger partial charge in [-0.05, 0) is 47.5 Å². The Morgan fingerprint density at radius 1 is 1.04 bits per heavy atom. The molecule has 26 heavy (non-hydrogen) atoms. The van der Waals surface area contributed by atoms with E-state index in [2.05, 4.69) is 35.6 Å². The maximum Gasteiger partial charge on any atom is 0.231 e. The molecule has 0 saturated carbocycles. The molecule has 1 N–H and O–H groups in total. The van der Waals surface area contributed by atoms with Crippen LogP contribution in [0, 0.1) is 0 Å². The molecule has 1 heterocycles. The van der Waals surface area contributed by atoms with Crippen LogP contribution in [0.4, 0.5) is 0 Å². The molecule has 0 unspecified atom stereocenters. The van der Waals surface area contributed by atoms with Gasteiger partial charge in [-0.3, -0.25) is 4.79 Å². The van der Waals surface area contributed by atoms with E-state index in [1.807, 2.05) is 37.3 Å². The van der Waals surface area contributed by atoms with Gasteiger partial charge >= 0.3 is 0 Å². The number of amides is 1. The summed E-state index contributed by atoms with van der Waals surface area (Å²) >= 11 is 1.54. The molecular formula is C21H19NO3S. The summed E-state index contributed by atoms with van der Waals surface area (Å²) in [6.45, 7) is 2.22. The van der Waals surface area contributed by atoms with E-state index in [-0.39, 0.29) is 18.7 Å². The van der Waals surface area contributed by atoms with Crippen molar-refractivity contribution >= 4 is 28.4 Å². The van der Waals surface area contributed by atoms with Crippen LogP contribution >= 0.6 is 11.8 Å². The van der Waals surface area contributed by atoms with Gasteiger partial charge in [-0.1, -0.05) is 36.4 Å². The summed E-state index contributed by atoms with van der Waals surface area (Å²) in [5, 5.41) is 5.43. The van der Waals surface area contributed by atoms with Crippen LogP contribution in [0.25, 0.3) is 10.8 Å². The van der Waals surface area contributed by atoms with Gasteiger partial charge in [-0.2, -0.15) is 0 Å². The van der Waals surface area contributed by atoms with Crippen molar-refractivity contribution < 1.29 is 14.3 Å². The minimum Gasteiger partial charge on any atom is -0.454 e. The Kier molecular flexibility index (Phi) is 4.71. The van der Waals surface area contributed by atoms with Crippen LogP contribution in [-0.2, 0) is 4.79 Å². The number of rotatable bonds is 5. The molecule has 132 valence electrons. The van der Waals surface area contributed by atoms with E-state index in [4.69, 9.17) is 9.47 Å². The lowest BCUT2D eigenvalue weighted by molar-refractivity contribution is -0.119. The normalized spacial score (nSPS) is 13.6. The minimum absolute atomic E-state index is 0.00771. The standard InChI is InChI=1S/C21H19NO3S/c1-14(16-7-9-19-20(11-16)25-13-24-19)22-21(23)12-26-18-8-6-15-4-2-3-5-17(15)10-18/h2-11,14H,12-13H2,1H3,(H,22,23)/t14-/m0/s1. The molecule has 1 aliphatic heterocycles. The van der Waals surface area contributed by atoms with Crippen molar-refractivity contribution in [3.63, 3.8) is 0 Å². The second-order valence-corrected chi connectivity index (χ2v) is 7.25. The first-order valence-electron chi connectivity index (χ1n) is 8.49. The van der Waals surface area contributed by atoms with Crippen LogP contribution in [0.2, 0.25) is 0 Å². The number of nitrogens with one attached hydrogen (secondary N) is 1. The first kappa shape index (κ1) is 16.8. The third kappa shape index (κ3) is 3.63. The van der Waals surface area contributed by atoms with Crippen LogP contribution in [0.5, 0.6) is 11.5 Å². The summed E-state index contributed by atoms with van der Waals surface area (Å²) in [5.74, 6) is 1.87. The summed E-state index contributed by atoms with van der Waals surface area (Å²) in [7, 11) is 0. The average Bonchev–Trinajstić information content (AvgIpc) is 3.14. The van der Waals surface area contributed by atoms with Gasteiger partial charge in [0.25, 0.3) is 0 Å². The highest BCUT2D eigenvalue weighted by molar-refractivity contribution is 8.00. The van der Waals surface area contributed by atoms with Gasteiger partial charge in [0.2, 0.25) is 12.7 Å². The van der Waals surface area contributed by atoms with E-state index < -0.39 is 0 Å². The lowest BCUT2D eigenvalue weighted by Crippen LogP contribution is -2.28. The molecular weight excluding hydrogens is 346 g/mol. The zero-order chi connectivity index (χ0) is 17.9. The van der Waals surface area contributed by atoms with E-state index in [0.717, 1.165) is 22.0 Å². The van der Waals surface area contributed by atoms with Gasteiger partial charge < -0.3 is 14.8 Å². The molecule has 1 atom stereocenters. The maximum atomic E-state index is 12.3. The summed E-state index contributed by atoms with van der Waals surface area (Å²) in [6.07, 6.45) is 0. The number of ether oxygens (including phenoxy) is 2. The summed E-state index contributed by atoms with van der Waals surface area (Å²) in [5.41, 5.74) is 0.998. The van der Waals surface area contributed by atoms with E-state index in [1.54, 1.807) is 11.8 Å². The Morgan fingerprint density at radius 3 is 2.73 bits per heavy atom. The molecule has 4 rings (SSSR count). The molecule has 0 aliphatic carbocycles. The van der Waals surface area contributed by atoms with Crippen LogP contribution < -0.4 is 14.8 Å². The number of hydrogen-bond donors (Lipinski definition) is 1. The third-order valence-electron chi connectivity index (χ3n) is 4.36. The predicted molar refractivity (Wildman–Crippen MR) is 104 cm³/mol. The third-order valence-corrected chi connectivity index (χ3v) is 5.36. The van der Waals surface area contributed by atoms with Gasteiger partial charge in [0.15, 0.2) is 11.5 Å². The molecule has 3 aromatic rings. The maximum absolute atomic E-state index is 12.3. The Bertz CT molecular complexity index is 957. The Labute approximate surface area is 156 Å². The topological polar surface area (TPSA) is 47.6 Å². The van der Waals surface area contributed by atoms with E-state index >= 15 is 0 Å². The number of carbonyl (C=O) groups excluding carboxylic acids is 1. The zero-order valence-corrected chi connectivity index (χ0v) is 15.2. The molecule has 0 bridgehead atoms. The minimum atomic E-state index is -0.0887. The van der Waals surface area contributed by atoms with E-state index in [9.17, 15) is 4.79 Å². The van der Waals surface area contributed by atoms with E-state index in [1.165, 1.54) is 10.8 Å². The Hall–Kier alpha value is -2.66. The molecule has 0 spiro atoms. The van der Waals surface area contributed by atoms with Gasteiger partial charge in [-0.25, -0.2) is 0 Å². The largest absolute Gasteiger partial charge is 0.454 e. The second kappa shape index (κ2) is 7.30. The monoisotopic (exact) mass is 365 g/mol. The molecule has 0 fully saturated rings. The summed E-state index contributed by atoms with van der Waals surface area (Å²) in [4.78, 5) is 13.4. The first-order valence-corrected chi connectivity index (χ1v) is 9.48. The van der Waals surface area contributed by atoms with Crippen molar-refractivity contribution in [2.45, 2.75) is 17.9 Å². The van der Waals surface area contributed by atoms with Crippen molar-refractivity contribution in [1.82, 2.24) is 5.32 Å². The van der Waals surface area contributed by atoms with Crippen LogP contribution in [0.3, 0.4) is 0 Å². The SMILES string of the molecule is C[C@H](NC(=O)CSc1ccc2ccccc2c1)c1ccc2c(c1)OCO2. The smallest absolute Gasteiger partial charge is 0.231 e. The van der Waals surface area contributed by atoms with Crippen LogP contribution in [0.15, 0.2) is 65.6 Å². The lowest BCUT2D eigenvalue weighted by atomic mass is 10.1. The fourth-order valence-corrected chi connectivity index (χ4v) is 3.71. The van der Waals surface area contributed by atoms with Crippen molar-refractivity contribution in [2.75, 3.05) is 12.5 Å². The molecule has 3 aromatic carbocycles. The lowest BCUT2D eigenvalue weighted by Gasteiger charge is -2.15. The molecule has 4 nitrogen and oxygen atoms in total. The number of thioether (sulfide) groups is 1. The molecule has 1 amide bonds. The van der Waals surface area contributed by atoms with Crippen LogP contribution in [-0.4, -0.2) is 18.5 Å². The Balaban J connectivity index is 1.35. The first-order chi connectivity index (χ1) is 12.7. The number of benzene rings is 3. The Morgan fingerprint density at radius 2 is 1.85 bits per heavy atom. The van der Waals surface area contributed by atoms with E-state index in [0.29, 0.717) is 5.75 Å². The fraction of sp³-hybridized carbons (Fsp3) is 0.190. The van der Waals surface area contributed by atoms with Gasteiger partial charge in [0.05, 0.1) is 11.8 Å². The quantitative estimate of drug-likeness (QED) is 0.675. The van der Waals surface area contributed by atoms with Crippen molar-refractivity contribution in [1.29, 1.82) is 0 Å². The predicted octanol–water partition coefficient (Wildman–Crippen LogP) is 4.54. The molecule has 0 aromatic heterocycles. The number of fused-ring (bicyclic) bond motifs is 2. The van der Waals surface area contributed by atoms with Crippen molar-refractivity contribution in [3.05, 3.63) is 66.2 Å². The number of hydrogen-bond acceptors (Lipinski definition) is 4. The molecule has 1 aliphatic rings. The number of carbonyl (C=O) groups is 1. The zero-order valence-electron chi connectivity index (χ0n) is 14.4. The average molecular weight is 365 g/mol. The molecule has 0 radical (unpaired) electrons. The van der Waals surface area contributed by atoms with Gasteiger partial charge in [0, 0.05) is 4.90 Å². The van der Waals surface area contributed by atoms with Crippen LogP contribution in [0.1, 0.15) is 18.5 Å². The molecule has 5 heteroatoms. The highest BCUT2D eigenvalue weighted by Crippen LogP contribution is 2.34. The highest BCUT2D eigenvalue weighted by Gasteiger charge is 2.16. The highest BCUT2D eigenvalue weighted by atomic mass is 32.2. The molecule has 0 saturated heterocycles. The second-order valence-electron chi connectivity index (χ2n) is 6.20. The summed E-state index contributed by atoms with van der Waals surface area (Å²) in [6, 6.07) is 20.2. The van der Waals surface area contributed by atoms with Crippen molar-refractivity contribution in [2.24, 2.45) is 0 Å².